The molecule has 5 heteroatoms. The average Bonchev–Trinajstić information content (AvgIpc) is 2.67. The van der Waals surface area contributed by atoms with Gasteiger partial charge in [0, 0.05) is 16.8 Å². The quantitative estimate of drug-likeness (QED) is 0.620. The summed E-state index contributed by atoms with van der Waals surface area (Å²) in [6, 6.07) is 16.5. The summed E-state index contributed by atoms with van der Waals surface area (Å²) in [6.45, 7) is 0.352. The molecule has 0 saturated carbocycles. The molecule has 3 rings (SSSR count). The third-order valence-corrected chi connectivity index (χ3v) is 4.02. The Morgan fingerprint density at radius 3 is 2.64 bits per heavy atom. The predicted molar refractivity (Wildman–Crippen MR) is 96.8 cm³/mol. The number of hydrogen-bond donors (Lipinski definition) is 0. The van der Waals surface area contributed by atoms with Gasteiger partial charge in [-0.2, -0.15) is 0 Å². The van der Waals surface area contributed by atoms with Crippen LogP contribution in [0.15, 0.2) is 67.0 Å². The van der Waals surface area contributed by atoms with Gasteiger partial charge in [0.1, 0.15) is 12.4 Å². The molecule has 2 aromatic carbocycles. The molecular weight excluding hydrogens is 338 g/mol. The van der Waals surface area contributed by atoms with Gasteiger partial charge in [-0.15, -0.1) is 0 Å². The van der Waals surface area contributed by atoms with Gasteiger partial charge in [0.2, 0.25) is 0 Å². The molecule has 3 aromatic rings. The molecule has 0 aliphatic heterocycles. The van der Waals surface area contributed by atoms with E-state index in [1.807, 2.05) is 42.5 Å². The lowest BCUT2D eigenvalue weighted by Crippen LogP contribution is -2.05. The maximum Gasteiger partial charge on any atom is 0.338 e. The number of pyridine rings is 1. The number of rotatable bonds is 5. The third kappa shape index (κ3) is 3.98. The van der Waals surface area contributed by atoms with Crippen molar-refractivity contribution in [2.75, 3.05) is 7.11 Å². The topological polar surface area (TPSA) is 48.4 Å². The van der Waals surface area contributed by atoms with Gasteiger partial charge in [0.15, 0.2) is 0 Å². The molecule has 25 heavy (non-hydrogen) atoms. The van der Waals surface area contributed by atoms with Crippen molar-refractivity contribution in [1.29, 1.82) is 0 Å². The van der Waals surface area contributed by atoms with Crippen molar-refractivity contribution < 1.29 is 14.3 Å². The summed E-state index contributed by atoms with van der Waals surface area (Å²) < 4.78 is 10.6. The monoisotopic (exact) mass is 353 g/mol. The molecule has 0 N–H and O–H groups in total. The molecule has 1 heterocycles. The maximum absolute atomic E-state index is 12.1. The summed E-state index contributed by atoms with van der Waals surface area (Å²) in [5.74, 6) is 0.272. The lowest BCUT2D eigenvalue weighted by molar-refractivity contribution is 0.0601. The second-order valence-corrected chi connectivity index (χ2v) is 5.74. The van der Waals surface area contributed by atoms with Gasteiger partial charge in [0.25, 0.3) is 0 Å². The van der Waals surface area contributed by atoms with Crippen molar-refractivity contribution in [2.24, 2.45) is 0 Å². The number of nitrogens with zero attached hydrogens (tertiary/aromatic N) is 1. The molecule has 4 nitrogen and oxygen atoms in total. The highest BCUT2D eigenvalue weighted by Gasteiger charge is 2.16. The van der Waals surface area contributed by atoms with E-state index in [0.29, 0.717) is 28.5 Å². The Bertz CT molecular complexity index is 881. The zero-order valence-electron chi connectivity index (χ0n) is 13.6. The van der Waals surface area contributed by atoms with E-state index >= 15 is 0 Å². The molecule has 0 radical (unpaired) electrons. The van der Waals surface area contributed by atoms with Crippen LogP contribution in [0.2, 0.25) is 5.02 Å². The first-order valence-corrected chi connectivity index (χ1v) is 8.06. The molecule has 0 aliphatic rings. The van der Waals surface area contributed by atoms with Crippen LogP contribution in [0.5, 0.6) is 5.75 Å². The number of hydrogen-bond acceptors (Lipinski definition) is 4. The summed E-state index contributed by atoms with van der Waals surface area (Å²) in [4.78, 5) is 16.1. The maximum atomic E-state index is 12.1. The second kappa shape index (κ2) is 7.81. The summed E-state index contributed by atoms with van der Waals surface area (Å²) in [6.07, 6.45) is 3.34. The Hall–Kier alpha value is -2.85. The molecule has 1 aromatic heterocycles. The molecule has 0 amide bonds. The highest BCUT2D eigenvalue weighted by Crippen LogP contribution is 2.32. The van der Waals surface area contributed by atoms with E-state index in [9.17, 15) is 4.79 Å². The van der Waals surface area contributed by atoms with Crippen molar-refractivity contribution >= 4 is 17.6 Å². The van der Waals surface area contributed by atoms with Crippen LogP contribution < -0.4 is 4.74 Å². The summed E-state index contributed by atoms with van der Waals surface area (Å²) in [7, 11) is 1.36. The van der Waals surface area contributed by atoms with Crippen LogP contribution in [-0.2, 0) is 11.3 Å². The van der Waals surface area contributed by atoms with Crippen LogP contribution in [0.3, 0.4) is 0 Å². The Morgan fingerprint density at radius 2 is 1.92 bits per heavy atom. The summed E-state index contributed by atoms with van der Waals surface area (Å²) in [5, 5.41) is 0.568. The lowest BCUT2D eigenvalue weighted by Gasteiger charge is -2.13. The minimum absolute atomic E-state index is 0.352. The molecule has 0 saturated heterocycles. The molecule has 0 atom stereocenters. The number of methoxy groups -OCH3 is 1. The van der Waals surface area contributed by atoms with Gasteiger partial charge in [-0.3, -0.25) is 4.98 Å². The fraction of sp³-hybridized carbons (Fsp3) is 0.100. The van der Waals surface area contributed by atoms with E-state index in [-0.39, 0.29) is 0 Å². The van der Waals surface area contributed by atoms with Crippen molar-refractivity contribution in [3.8, 4) is 16.9 Å². The summed E-state index contributed by atoms with van der Waals surface area (Å²) >= 11 is 6.31. The number of carbonyl (C=O) groups excluding carboxylic acids is 1. The van der Waals surface area contributed by atoms with Gasteiger partial charge in [-0.1, -0.05) is 35.9 Å². The van der Waals surface area contributed by atoms with Crippen LogP contribution in [-0.4, -0.2) is 18.1 Å². The molecule has 0 spiro atoms. The SMILES string of the molecule is COC(=O)c1ccc(COc2cccnc2)cc1-c1ccccc1Cl. The van der Waals surface area contributed by atoms with E-state index in [1.54, 1.807) is 24.5 Å². The lowest BCUT2D eigenvalue weighted by atomic mass is 9.97. The molecule has 0 aliphatic carbocycles. The largest absolute Gasteiger partial charge is 0.487 e. The fourth-order valence-corrected chi connectivity index (χ4v) is 2.71. The Morgan fingerprint density at radius 1 is 1.08 bits per heavy atom. The van der Waals surface area contributed by atoms with E-state index in [4.69, 9.17) is 21.1 Å². The van der Waals surface area contributed by atoms with Crippen molar-refractivity contribution in [3.05, 3.63) is 83.1 Å². The molecule has 126 valence electrons. The van der Waals surface area contributed by atoms with Crippen molar-refractivity contribution in [2.45, 2.75) is 6.61 Å². The number of carbonyl (C=O) groups is 1. The van der Waals surface area contributed by atoms with Crippen LogP contribution in [0.1, 0.15) is 15.9 Å². The first-order chi connectivity index (χ1) is 12.2. The van der Waals surface area contributed by atoms with Gasteiger partial charge in [0.05, 0.1) is 18.9 Å². The Labute approximate surface area is 151 Å². The minimum Gasteiger partial charge on any atom is -0.487 e. The van der Waals surface area contributed by atoms with Crippen LogP contribution in [0.4, 0.5) is 0 Å². The van der Waals surface area contributed by atoms with Crippen molar-refractivity contribution in [3.63, 3.8) is 0 Å². The highest BCUT2D eigenvalue weighted by atomic mass is 35.5. The Kier molecular flexibility index (Phi) is 5.31. The number of aromatic nitrogens is 1. The van der Waals surface area contributed by atoms with Crippen LogP contribution >= 0.6 is 11.6 Å². The average molecular weight is 354 g/mol. The van der Waals surface area contributed by atoms with Gasteiger partial charge < -0.3 is 9.47 Å². The van der Waals surface area contributed by atoms with E-state index in [1.165, 1.54) is 7.11 Å². The standard InChI is InChI=1S/C20H16ClNO3/c1-24-20(23)17-9-8-14(13-25-15-5-4-10-22-12-15)11-18(17)16-6-2-3-7-19(16)21/h2-12H,13H2,1H3. The zero-order valence-corrected chi connectivity index (χ0v) is 14.4. The molecule has 0 bridgehead atoms. The zero-order chi connectivity index (χ0) is 17.6. The number of benzene rings is 2. The molecule has 0 fully saturated rings. The van der Waals surface area contributed by atoms with Gasteiger partial charge in [-0.25, -0.2) is 4.79 Å². The van der Waals surface area contributed by atoms with Crippen LogP contribution in [0.25, 0.3) is 11.1 Å². The third-order valence-electron chi connectivity index (χ3n) is 3.69. The Balaban J connectivity index is 1.96. The van der Waals surface area contributed by atoms with Crippen LogP contribution in [0, 0.1) is 0 Å². The van der Waals surface area contributed by atoms with E-state index in [2.05, 4.69) is 4.98 Å². The number of esters is 1. The molecular formula is C20H16ClNO3. The predicted octanol–water partition coefficient (Wildman–Crippen LogP) is 4.77. The number of ether oxygens (including phenoxy) is 2. The van der Waals surface area contributed by atoms with E-state index < -0.39 is 5.97 Å². The van der Waals surface area contributed by atoms with E-state index in [0.717, 1.165) is 11.1 Å². The first-order valence-electron chi connectivity index (χ1n) is 7.68. The fourth-order valence-electron chi connectivity index (χ4n) is 2.47. The minimum atomic E-state index is -0.408. The normalized spacial score (nSPS) is 10.3. The first kappa shape index (κ1) is 17.0. The molecule has 0 unspecified atom stereocenters. The highest BCUT2D eigenvalue weighted by molar-refractivity contribution is 6.33. The number of halogens is 1. The second-order valence-electron chi connectivity index (χ2n) is 5.33. The van der Waals surface area contributed by atoms with Gasteiger partial charge >= 0.3 is 5.97 Å². The summed E-state index contributed by atoms with van der Waals surface area (Å²) in [5.41, 5.74) is 2.85. The smallest absolute Gasteiger partial charge is 0.338 e. The van der Waals surface area contributed by atoms with Gasteiger partial charge in [-0.05, 0) is 41.5 Å². The van der Waals surface area contributed by atoms with Crippen molar-refractivity contribution in [1.82, 2.24) is 4.98 Å².